The van der Waals surface area contributed by atoms with Crippen molar-refractivity contribution in [2.45, 2.75) is 24.3 Å². The van der Waals surface area contributed by atoms with E-state index in [1.165, 1.54) is 9.80 Å². The highest BCUT2D eigenvalue weighted by Gasteiger charge is 2.31. The fourth-order valence-electron chi connectivity index (χ4n) is 2.79. The number of ether oxygens (including phenoxy) is 1. The van der Waals surface area contributed by atoms with E-state index in [1.807, 2.05) is 55.5 Å². The first-order valence-corrected chi connectivity index (χ1v) is 9.00. The molecule has 0 aromatic heterocycles. The second kappa shape index (κ2) is 8.06. The Kier molecular flexibility index (Phi) is 5.59. The molecule has 3 nitrogen and oxygen atoms in total. The minimum Gasteiger partial charge on any atom is -0.464 e. The first-order valence-electron chi connectivity index (χ1n) is 8.18. The Morgan fingerprint density at radius 1 is 1.12 bits per heavy atom. The molecule has 0 radical (unpaired) electrons. The fourth-order valence-corrected chi connectivity index (χ4v) is 3.78. The topological polar surface area (TPSA) is 29.5 Å². The summed E-state index contributed by atoms with van der Waals surface area (Å²) in [5.74, 6) is -0.152. The lowest BCUT2D eigenvalue weighted by Crippen LogP contribution is -2.45. The maximum absolute atomic E-state index is 12.5. The van der Waals surface area contributed by atoms with E-state index in [4.69, 9.17) is 4.74 Å². The van der Waals surface area contributed by atoms with Gasteiger partial charge in [-0.3, -0.25) is 0 Å². The van der Waals surface area contributed by atoms with Crippen molar-refractivity contribution in [3.63, 3.8) is 0 Å². The molecule has 24 heavy (non-hydrogen) atoms. The molecule has 4 heteroatoms. The second-order valence-electron chi connectivity index (χ2n) is 5.55. The Hall–Kier alpha value is -2.20. The van der Waals surface area contributed by atoms with Gasteiger partial charge >= 0.3 is 5.97 Å². The molecule has 0 saturated heterocycles. The predicted octanol–water partition coefficient (Wildman–Crippen LogP) is 4.50. The van der Waals surface area contributed by atoms with Crippen LogP contribution in [0.2, 0.25) is 0 Å². The van der Waals surface area contributed by atoms with Gasteiger partial charge in [-0.1, -0.05) is 54.2 Å². The summed E-state index contributed by atoms with van der Waals surface area (Å²) in [6.07, 6.45) is 2.88. The summed E-state index contributed by atoms with van der Waals surface area (Å²) in [6.45, 7) is 2.97. The van der Waals surface area contributed by atoms with Crippen molar-refractivity contribution in [3.05, 3.63) is 71.6 Å². The lowest BCUT2D eigenvalue weighted by atomic mass is 10.1. The summed E-state index contributed by atoms with van der Waals surface area (Å²) in [5.41, 5.74) is 1.05. The molecule has 1 aliphatic heterocycles. The maximum Gasteiger partial charge on any atom is 0.329 e. The van der Waals surface area contributed by atoms with Crippen LogP contribution in [-0.2, 0) is 9.53 Å². The monoisotopic (exact) mass is 339 g/mol. The Bertz CT molecular complexity index is 700. The van der Waals surface area contributed by atoms with Crippen LogP contribution >= 0.6 is 11.8 Å². The average Bonchev–Trinajstić information content (AvgIpc) is 2.63. The zero-order valence-corrected chi connectivity index (χ0v) is 14.5. The van der Waals surface area contributed by atoms with Crippen molar-refractivity contribution in [3.8, 4) is 0 Å². The number of anilines is 1. The zero-order valence-electron chi connectivity index (χ0n) is 13.7. The molecule has 0 amide bonds. The third kappa shape index (κ3) is 4.01. The molecule has 2 aromatic rings. The molecule has 0 bridgehead atoms. The SMILES string of the molecule is CCOC(=O)C1CC(Sc2ccccc2)=CCN1c1ccccc1. The van der Waals surface area contributed by atoms with E-state index in [0.717, 1.165) is 5.69 Å². The summed E-state index contributed by atoms with van der Waals surface area (Å²) in [6, 6.07) is 20.0. The Morgan fingerprint density at radius 3 is 2.46 bits per heavy atom. The number of rotatable bonds is 5. The van der Waals surface area contributed by atoms with E-state index in [0.29, 0.717) is 19.6 Å². The molecule has 1 aliphatic rings. The number of thioether (sulfide) groups is 1. The van der Waals surface area contributed by atoms with Gasteiger partial charge in [0.05, 0.1) is 6.61 Å². The van der Waals surface area contributed by atoms with Crippen molar-refractivity contribution in [2.75, 3.05) is 18.1 Å². The molecule has 0 spiro atoms. The molecule has 0 aliphatic carbocycles. The molecule has 0 N–H and O–H groups in total. The molecule has 2 aromatic carbocycles. The summed E-state index contributed by atoms with van der Waals surface area (Å²) in [7, 11) is 0. The minimum absolute atomic E-state index is 0.152. The van der Waals surface area contributed by atoms with Crippen molar-refractivity contribution in [1.29, 1.82) is 0 Å². The van der Waals surface area contributed by atoms with Gasteiger partial charge in [0.1, 0.15) is 6.04 Å². The largest absolute Gasteiger partial charge is 0.464 e. The lowest BCUT2D eigenvalue weighted by Gasteiger charge is -2.35. The Morgan fingerprint density at radius 2 is 1.79 bits per heavy atom. The summed E-state index contributed by atoms with van der Waals surface area (Å²) in [5, 5.41) is 0. The normalized spacial score (nSPS) is 17.3. The first kappa shape index (κ1) is 16.7. The highest BCUT2D eigenvalue weighted by atomic mass is 32.2. The number of benzene rings is 2. The van der Waals surface area contributed by atoms with Gasteiger partial charge < -0.3 is 9.64 Å². The average molecular weight is 339 g/mol. The van der Waals surface area contributed by atoms with Crippen LogP contribution in [0.5, 0.6) is 0 Å². The molecule has 3 rings (SSSR count). The van der Waals surface area contributed by atoms with Crippen LogP contribution in [0.4, 0.5) is 5.69 Å². The molecule has 1 unspecified atom stereocenters. The van der Waals surface area contributed by atoms with Gasteiger partial charge in [0.25, 0.3) is 0 Å². The van der Waals surface area contributed by atoms with Gasteiger partial charge in [0.2, 0.25) is 0 Å². The van der Waals surface area contributed by atoms with E-state index in [2.05, 4.69) is 23.1 Å². The van der Waals surface area contributed by atoms with Crippen LogP contribution in [-0.4, -0.2) is 25.2 Å². The summed E-state index contributed by atoms with van der Waals surface area (Å²) in [4.78, 5) is 17.0. The fraction of sp³-hybridized carbons (Fsp3) is 0.250. The smallest absolute Gasteiger partial charge is 0.329 e. The Labute approximate surface area is 147 Å². The Balaban J connectivity index is 1.81. The van der Waals surface area contributed by atoms with Gasteiger partial charge in [-0.2, -0.15) is 0 Å². The maximum atomic E-state index is 12.5. The summed E-state index contributed by atoms with van der Waals surface area (Å²) < 4.78 is 5.31. The van der Waals surface area contributed by atoms with E-state index >= 15 is 0 Å². The quantitative estimate of drug-likeness (QED) is 0.750. The van der Waals surface area contributed by atoms with Crippen molar-refractivity contribution >= 4 is 23.4 Å². The molecule has 1 heterocycles. The number of carbonyl (C=O) groups is 1. The van der Waals surface area contributed by atoms with Crippen LogP contribution in [0.3, 0.4) is 0 Å². The number of para-hydroxylation sites is 1. The number of hydrogen-bond acceptors (Lipinski definition) is 4. The van der Waals surface area contributed by atoms with E-state index < -0.39 is 0 Å². The molecule has 0 fully saturated rings. The highest BCUT2D eigenvalue weighted by Crippen LogP contribution is 2.35. The van der Waals surface area contributed by atoms with Gasteiger partial charge in [0, 0.05) is 23.5 Å². The molecule has 124 valence electrons. The van der Waals surface area contributed by atoms with Crippen molar-refractivity contribution in [2.24, 2.45) is 0 Å². The van der Waals surface area contributed by atoms with Crippen molar-refractivity contribution in [1.82, 2.24) is 0 Å². The summed E-state index contributed by atoms with van der Waals surface area (Å²) >= 11 is 1.73. The molecule has 0 saturated carbocycles. The molecule has 1 atom stereocenters. The van der Waals surface area contributed by atoms with Crippen LogP contribution < -0.4 is 4.90 Å². The van der Waals surface area contributed by atoms with Crippen LogP contribution in [0.1, 0.15) is 13.3 Å². The van der Waals surface area contributed by atoms with Gasteiger partial charge in [-0.15, -0.1) is 0 Å². The molecular formula is C20H21NO2S. The van der Waals surface area contributed by atoms with E-state index in [1.54, 1.807) is 11.8 Å². The van der Waals surface area contributed by atoms with Gasteiger partial charge in [-0.05, 0) is 36.1 Å². The number of carbonyl (C=O) groups excluding carboxylic acids is 1. The third-order valence-electron chi connectivity index (χ3n) is 3.93. The van der Waals surface area contributed by atoms with E-state index in [9.17, 15) is 4.79 Å². The lowest BCUT2D eigenvalue weighted by molar-refractivity contribution is -0.144. The predicted molar refractivity (Wildman–Crippen MR) is 99.2 cm³/mol. The number of hydrogen-bond donors (Lipinski definition) is 0. The van der Waals surface area contributed by atoms with Crippen molar-refractivity contribution < 1.29 is 9.53 Å². The molecular weight excluding hydrogens is 318 g/mol. The highest BCUT2D eigenvalue weighted by molar-refractivity contribution is 8.03. The number of nitrogens with zero attached hydrogens (tertiary/aromatic N) is 1. The third-order valence-corrected chi connectivity index (χ3v) is 5.03. The van der Waals surface area contributed by atoms with Crippen LogP contribution in [0.25, 0.3) is 0 Å². The van der Waals surface area contributed by atoms with E-state index in [-0.39, 0.29) is 12.0 Å². The second-order valence-corrected chi connectivity index (χ2v) is 6.75. The minimum atomic E-state index is -0.274. The van der Waals surface area contributed by atoms with Crippen LogP contribution in [0.15, 0.2) is 76.5 Å². The number of esters is 1. The van der Waals surface area contributed by atoms with Gasteiger partial charge in [0.15, 0.2) is 0 Å². The first-order chi connectivity index (χ1) is 11.8. The van der Waals surface area contributed by atoms with Gasteiger partial charge in [-0.25, -0.2) is 4.79 Å². The standard InChI is InChI=1S/C20H21NO2S/c1-2-23-20(22)19-15-18(24-17-11-7-4-8-12-17)13-14-21(19)16-9-5-3-6-10-16/h3-13,19H,2,14-15H2,1H3. The zero-order chi connectivity index (χ0) is 16.8. The van der Waals surface area contributed by atoms with Crippen LogP contribution in [0, 0.1) is 0 Å².